The summed E-state index contributed by atoms with van der Waals surface area (Å²) in [6.45, 7) is 0. The molecular formula is C11H15ClO5S2. The molecule has 0 N–H and O–H groups in total. The van der Waals surface area contributed by atoms with Crippen molar-refractivity contribution in [2.75, 3.05) is 24.9 Å². The van der Waals surface area contributed by atoms with E-state index in [1.165, 1.54) is 13.2 Å². The molecule has 0 saturated carbocycles. The summed E-state index contributed by atoms with van der Waals surface area (Å²) in [6.07, 6.45) is 1.00. The summed E-state index contributed by atoms with van der Waals surface area (Å²) in [4.78, 5) is 0. The Morgan fingerprint density at radius 1 is 1.16 bits per heavy atom. The minimum atomic E-state index is -3.53. The Labute approximate surface area is 118 Å². The largest absolute Gasteiger partial charge is 0.496 e. The summed E-state index contributed by atoms with van der Waals surface area (Å²) >= 11 is 5.81. The second-order valence-corrected chi connectivity index (χ2v) is 9.06. The predicted octanol–water partition coefficient (Wildman–Crippen LogP) is 1.31. The topological polar surface area (TPSA) is 77.5 Å². The molecule has 0 bridgehead atoms. The zero-order chi connectivity index (χ0) is 14.7. The molecular weight excluding hydrogens is 312 g/mol. The molecule has 0 atom stereocenters. The number of benzene rings is 1. The first kappa shape index (κ1) is 16.3. The van der Waals surface area contributed by atoms with Gasteiger partial charge in [0.1, 0.15) is 15.6 Å². The van der Waals surface area contributed by atoms with Crippen molar-refractivity contribution in [3.05, 3.63) is 28.8 Å². The van der Waals surface area contributed by atoms with E-state index in [0.29, 0.717) is 16.3 Å². The third kappa shape index (κ3) is 5.80. The van der Waals surface area contributed by atoms with Crippen LogP contribution in [0, 0.1) is 0 Å². The van der Waals surface area contributed by atoms with Gasteiger partial charge in [-0.3, -0.25) is 0 Å². The summed E-state index contributed by atoms with van der Waals surface area (Å²) in [5, 5.41) is 0.397. The van der Waals surface area contributed by atoms with Gasteiger partial charge in [-0.1, -0.05) is 11.6 Å². The van der Waals surface area contributed by atoms with Crippen molar-refractivity contribution in [1.29, 1.82) is 0 Å². The Hall–Kier alpha value is -0.790. The second kappa shape index (κ2) is 6.11. The molecule has 1 rings (SSSR count). The Morgan fingerprint density at radius 3 is 2.32 bits per heavy atom. The normalized spacial score (nSPS) is 12.4. The maximum atomic E-state index is 11.9. The van der Waals surface area contributed by atoms with E-state index in [1.54, 1.807) is 12.1 Å². The average molecular weight is 327 g/mol. The lowest BCUT2D eigenvalue weighted by Crippen LogP contribution is -2.18. The van der Waals surface area contributed by atoms with Crippen LogP contribution in [0.5, 0.6) is 5.75 Å². The molecule has 0 radical (unpaired) electrons. The van der Waals surface area contributed by atoms with Crippen LogP contribution >= 0.6 is 11.6 Å². The summed E-state index contributed by atoms with van der Waals surface area (Å²) in [5.41, 5.74) is 0.420. The highest BCUT2D eigenvalue weighted by atomic mass is 35.5. The molecule has 0 heterocycles. The molecule has 0 spiro atoms. The summed E-state index contributed by atoms with van der Waals surface area (Å²) in [7, 11) is -5.42. The van der Waals surface area contributed by atoms with Gasteiger partial charge in [-0.15, -0.1) is 0 Å². The smallest absolute Gasteiger partial charge is 0.155 e. The van der Waals surface area contributed by atoms with E-state index in [-0.39, 0.29) is 5.75 Å². The zero-order valence-electron chi connectivity index (χ0n) is 10.6. The molecule has 1 aromatic carbocycles. The number of rotatable bonds is 6. The van der Waals surface area contributed by atoms with E-state index >= 15 is 0 Å². The second-order valence-electron chi connectivity index (χ2n) is 4.18. The van der Waals surface area contributed by atoms with Crippen molar-refractivity contribution >= 4 is 31.3 Å². The zero-order valence-corrected chi connectivity index (χ0v) is 13.0. The number of hydrogen-bond donors (Lipinski definition) is 0. The first-order chi connectivity index (χ1) is 8.63. The molecule has 0 fully saturated rings. The lowest BCUT2D eigenvalue weighted by Gasteiger charge is -2.09. The number of halogens is 1. The van der Waals surface area contributed by atoms with Gasteiger partial charge in [0.2, 0.25) is 0 Å². The van der Waals surface area contributed by atoms with Gasteiger partial charge in [0.05, 0.1) is 24.4 Å². The van der Waals surface area contributed by atoms with Crippen LogP contribution in [0.25, 0.3) is 0 Å². The monoisotopic (exact) mass is 326 g/mol. The third-order valence-corrected chi connectivity index (χ3v) is 5.40. The lowest BCUT2D eigenvalue weighted by molar-refractivity contribution is 0.411. The van der Waals surface area contributed by atoms with Gasteiger partial charge in [-0.25, -0.2) is 16.8 Å². The number of sulfone groups is 2. The first-order valence-electron chi connectivity index (χ1n) is 5.33. The van der Waals surface area contributed by atoms with Gasteiger partial charge in [-0.2, -0.15) is 0 Å². The van der Waals surface area contributed by atoms with Gasteiger partial charge in [0.15, 0.2) is 9.84 Å². The highest BCUT2D eigenvalue weighted by Crippen LogP contribution is 2.24. The average Bonchev–Trinajstić information content (AvgIpc) is 2.26. The first-order valence-corrected chi connectivity index (χ1v) is 9.59. The summed E-state index contributed by atoms with van der Waals surface area (Å²) in [6, 6.07) is 4.66. The molecule has 8 heteroatoms. The van der Waals surface area contributed by atoms with E-state index in [1.807, 2.05) is 0 Å². The van der Waals surface area contributed by atoms with Crippen molar-refractivity contribution in [1.82, 2.24) is 0 Å². The molecule has 19 heavy (non-hydrogen) atoms. The molecule has 0 amide bonds. The standard InChI is InChI=1S/C11H15ClO5S2/c1-17-11-4-3-10(12)7-9(11)8-19(15,16)6-5-18(2,13)14/h3-4,7H,5-6,8H2,1-2H3. The number of ether oxygens (including phenoxy) is 1. The number of methoxy groups -OCH3 is 1. The quantitative estimate of drug-likeness (QED) is 0.787. The van der Waals surface area contributed by atoms with E-state index in [4.69, 9.17) is 16.3 Å². The van der Waals surface area contributed by atoms with Crippen LogP contribution in [0.4, 0.5) is 0 Å². The maximum absolute atomic E-state index is 11.9. The Morgan fingerprint density at radius 2 is 1.79 bits per heavy atom. The SMILES string of the molecule is COc1ccc(Cl)cc1CS(=O)(=O)CCS(C)(=O)=O. The van der Waals surface area contributed by atoms with Crippen LogP contribution in [-0.2, 0) is 25.4 Å². The highest BCUT2D eigenvalue weighted by molar-refractivity contribution is 7.94. The molecule has 108 valence electrons. The van der Waals surface area contributed by atoms with Crippen molar-refractivity contribution in [3.63, 3.8) is 0 Å². The molecule has 0 aliphatic carbocycles. The molecule has 0 aliphatic heterocycles. The van der Waals surface area contributed by atoms with Gasteiger partial charge in [0, 0.05) is 16.8 Å². The Kier molecular flexibility index (Phi) is 5.23. The van der Waals surface area contributed by atoms with Crippen LogP contribution < -0.4 is 4.74 Å². The van der Waals surface area contributed by atoms with Crippen LogP contribution in [0.3, 0.4) is 0 Å². The maximum Gasteiger partial charge on any atom is 0.155 e. The lowest BCUT2D eigenvalue weighted by atomic mass is 10.2. The van der Waals surface area contributed by atoms with Crippen LogP contribution in [-0.4, -0.2) is 41.7 Å². The van der Waals surface area contributed by atoms with E-state index in [0.717, 1.165) is 6.26 Å². The van der Waals surface area contributed by atoms with Crippen molar-refractivity contribution in [2.45, 2.75) is 5.75 Å². The fourth-order valence-corrected chi connectivity index (χ4v) is 4.71. The minimum absolute atomic E-state index is 0.299. The molecule has 1 aromatic rings. The Balaban J connectivity index is 2.92. The molecule has 0 saturated heterocycles. The fourth-order valence-electron chi connectivity index (χ4n) is 1.45. The van der Waals surface area contributed by atoms with Gasteiger partial charge >= 0.3 is 0 Å². The van der Waals surface area contributed by atoms with Crippen LogP contribution in [0.15, 0.2) is 18.2 Å². The van der Waals surface area contributed by atoms with Crippen molar-refractivity contribution in [3.8, 4) is 5.75 Å². The highest BCUT2D eigenvalue weighted by Gasteiger charge is 2.18. The number of hydrogen-bond acceptors (Lipinski definition) is 5. The van der Waals surface area contributed by atoms with Crippen molar-refractivity contribution < 1.29 is 21.6 Å². The van der Waals surface area contributed by atoms with Crippen molar-refractivity contribution in [2.24, 2.45) is 0 Å². The van der Waals surface area contributed by atoms with Crippen LogP contribution in [0.1, 0.15) is 5.56 Å². The molecule has 0 aliphatic rings. The van der Waals surface area contributed by atoms with Gasteiger partial charge in [0.25, 0.3) is 0 Å². The van der Waals surface area contributed by atoms with Gasteiger partial charge < -0.3 is 4.74 Å². The fraction of sp³-hybridized carbons (Fsp3) is 0.455. The molecule has 5 nitrogen and oxygen atoms in total. The summed E-state index contributed by atoms with van der Waals surface area (Å²) in [5.74, 6) is -0.696. The molecule has 0 unspecified atom stereocenters. The van der Waals surface area contributed by atoms with Crippen LogP contribution in [0.2, 0.25) is 5.02 Å². The van der Waals surface area contributed by atoms with Gasteiger partial charge in [-0.05, 0) is 18.2 Å². The Bertz CT molecular complexity index is 650. The predicted molar refractivity (Wildman–Crippen MR) is 75.2 cm³/mol. The van der Waals surface area contributed by atoms with E-state index < -0.39 is 31.2 Å². The summed E-state index contributed by atoms with van der Waals surface area (Å²) < 4.78 is 50.8. The third-order valence-electron chi connectivity index (χ3n) is 2.38. The van der Waals surface area contributed by atoms with E-state index in [2.05, 4.69) is 0 Å². The van der Waals surface area contributed by atoms with E-state index in [9.17, 15) is 16.8 Å². The minimum Gasteiger partial charge on any atom is -0.496 e. The molecule has 0 aromatic heterocycles.